The van der Waals surface area contributed by atoms with Crippen LogP contribution in [0.1, 0.15) is 300 Å². The maximum Gasteiger partial charge on any atom is 0.407 e. The highest BCUT2D eigenvalue weighted by atomic mass is 16.6. The highest BCUT2D eigenvalue weighted by molar-refractivity contribution is 5.80. The molecule has 0 saturated heterocycles. The van der Waals surface area contributed by atoms with Crippen LogP contribution in [-0.4, -0.2) is 251 Å². The molecule has 4 aliphatic carbocycles. The lowest BCUT2D eigenvalue weighted by Gasteiger charge is -2.46. The quantitative estimate of drug-likeness (QED) is 0.0153. The van der Waals surface area contributed by atoms with Crippen molar-refractivity contribution in [2.45, 2.75) is 365 Å². The normalized spacial score (nSPS) is 23.4. The smallest absolute Gasteiger partial charge is 0.407 e. The second kappa shape index (κ2) is 59.6. The highest BCUT2D eigenvalue weighted by Crippen LogP contribution is 2.49. The SMILES string of the molecule is C=C.C=C.CC(CC(=O)O)C(=O)[NH2+]C1CC(C)(C)CC(C)(CNC(=O)CC(C)(O)CC(=O)O)C1.CCC(C/C=C/CC(=O)NC[NH2+]C(C)(C)CC(=O)O)OC(=O)NC1CC(C)(C)CC(C)(CNC(=O)OCC(O)COC(=O)NC2CC(C)(C)CC(C)(CNC(=O)OCC(C)O)C2)C1.CCOC(=O)NC1CC(C)(C)CC(C)(CNC(=O)OC(CC)C/C=C/CC(=O)NC[NH2+]C(C)(C)CC(=O)O)C1. The molecule has 782 valence electrons. The molecule has 14 unspecified atom stereocenters. The Morgan fingerprint density at radius 1 is 0.412 bits per heavy atom. The van der Waals surface area contributed by atoms with E-state index in [0.717, 1.165) is 44.9 Å². The molecule has 0 aromatic heterocycles. The number of alkyl carbamates (subject to hydrolysis) is 6. The molecule has 0 spiro atoms. The Morgan fingerprint density at radius 2 is 0.757 bits per heavy atom. The maximum absolute atomic E-state index is 13.0. The van der Waals surface area contributed by atoms with E-state index in [0.29, 0.717) is 90.7 Å². The fourth-order valence-electron chi connectivity index (χ4n) is 19.5. The van der Waals surface area contributed by atoms with Crippen LogP contribution in [0, 0.1) is 49.2 Å². The first kappa shape index (κ1) is 126. The number of carbonyl (C=O) groups excluding carboxylic acids is 10. The number of carboxylic acid groups (broad SMARTS) is 4. The molecular weight excluding hydrogens is 1770 g/mol. The third-order valence-electron chi connectivity index (χ3n) is 23.8. The number of rotatable bonds is 48. The lowest BCUT2D eigenvalue weighted by atomic mass is 9.62. The van der Waals surface area contributed by atoms with Crippen molar-refractivity contribution in [3.8, 4) is 0 Å². The van der Waals surface area contributed by atoms with E-state index in [1.54, 1.807) is 61.9 Å². The molecular formula is C97H175N12O27+3. The fourth-order valence-corrected chi connectivity index (χ4v) is 19.5. The zero-order chi connectivity index (χ0) is 105. The molecule has 0 aliphatic heterocycles. The summed E-state index contributed by atoms with van der Waals surface area (Å²) in [4.78, 5) is 167. The van der Waals surface area contributed by atoms with E-state index >= 15 is 0 Å². The first-order valence-corrected chi connectivity index (χ1v) is 47.5. The summed E-state index contributed by atoms with van der Waals surface area (Å²) in [6, 6.07) is -0.534. The zero-order valence-corrected chi connectivity index (χ0v) is 85.7. The van der Waals surface area contributed by atoms with Crippen molar-refractivity contribution < 1.29 is 147 Å². The maximum atomic E-state index is 13.0. The first-order chi connectivity index (χ1) is 62.7. The third kappa shape index (κ3) is 58.1. The van der Waals surface area contributed by atoms with Gasteiger partial charge in [-0.1, -0.05) is 121 Å². The van der Waals surface area contributed by atoms with Crippen LogP contribution in [0.25, 0.3) is 0 Å². The average molecular weight is 1940 g/mol. The van der Waals surface area contributed by atoms with Crippen LogP contribution < -0.4 is 63.8 Å². The summed E-state index contributed by atoms with van der Waals surface area (Å²) >= 11 is 0. The van der Waals surface area contributed by atoms with Gasteiger partial charge in [-0.2, -0.15) is 0 Å². The van der Waals surface area contributed by atoms with E-state index < -0.39 is 132 Å². The summed E-state index contributed by atoms with van der Waals surface area (Å²) in [5.74, 6) is -5.49. The molecule has 4 saturated carbocycles. The number of carbonyl (C=O) groups is 14. The molecule has 0 heterocycles. The van der Waals surface area contributed by atoms with Gasteiger partial charge in [-0.25, -0.2) is 33.6 Å². The molecule has 4 rings (SSSR count). The van der Waals surface area contributed by atoms with Crippen molar-refractivity contribution in [2.24, 2.45) is 49.2 Å². The second-order valence-corrected chi connectivity index (χ2v) is 43.5. The standard InChI is InChI=1S/C44H78N6O13.C28H50N4O7.C21H36N2O7.2C2H4/c1-11-33(14-12-13-15-34(53)47-28-48-42(7,8)20-35(54)55)63-39(59)50-31-17-41(5,6)25-44(10,19-31)27-46-37(57)61-22-32(52)23-62-38(58)49-30-16-40(3,4)24-43(9,18-30)26-45-36(56)60-21-29(2)51;1-8-21(12-10-11-13-22(33)30-19-31-27(5,6)16-23(34)35)39-24(36)29-18-28(7)15-20(14-26(3,4)17-28)32-25(37)38-9-2;1-13(6-16(25)26)18(29)23-14-7-19(2,3)11-20(4,8-14)12-22-15(24)9-21(5,30)10-17(27)28;2*1-2/h12-13,29-33,48,51-52H,11,14-28H2,1-10H3,(H,45,56)(H,46,57)(H,47,53)(H,49,58)(H,50,59)(H,54,55);10-11,20-21,31H,8-9,12-19H2,1-7H3,(H,29,36)(H,30,33)(H,32,37)(H,34,35);13-14,30H,6-12H2,1-5H3,(H,22,24)(H,23,29)(H,25,26)(H,27,28);2*1-2H2/p+3/b13-12+;11-10+;;;. The van der Waals surface area contributed by atoms with Crippen molar-refractivity contribution in [1.29, 1.82) is 0 Å². The number of amides is 10. The number of hydrogen-bond donors (Lipinski definition) is 19. The molecule has 0 aromatic carbocycles. The molecule has 4 fully saturated rings. The molecule has 0 radical (unpaired) electrons. The van der Waals surface area contributed by atoms with Crippen molar-refractivity contribution in [3.05, 3.63) is 50.6 Å². The van der Waals surface area contributed by atoms with Gasteiger partial charge in [-0.3, -0.25) is 38.9 Å². The Morgan fingerprint density at radius 3 is 1.13 bits per heavy atom. The molecule has 39 nitrogen and oxygen atoms in total. The minimum Gasteiger partial charge on any atom is -0.481 e. The van der Waals surface area contributed by atoms with Crippen LogP contribution in [0.2, 0.25) is 0 Å². The number of nitrogens with two attached hydrogens (primary N) is 3. The van der Waals surface area contributed by atoms with Gasteiger partial charge in [0, 0.05) is 82.8 Å². The van der Waals surface area contributed by atoms with E-state index in [4.69, 9.17) is 48.8 Å². The van der Waals surface area contributed by atoms with Crippen molar-refractivity contribution in [3.63, 3.8) is 0 Å². The number of hydrogen-bond acceptors (Lipinski definition) is 23. The molecule has 0 bridgehead atoms. The van der Waals surface area contributed by atoms with Gasteiger partial charge in [-0.05, 0) is 176 Å². The molecule has 10 amide bonds. The topological polar surface area (TPSA) is 594 Å². The van der Waals surface area contributed by atoms with E-state index in [9.17, 15) is 82.4 Å². The van der Waals surface area contributed by atoms with E-state index in [2.05, 4.69) is 136 Å². The van der Waals surface area contributed by atoms with Gasteiger partial charge in [0.1, 0.15) is 49.2 Å². The predicted octanol–water partition coefficient (Wildman–Crippen LogP) is 8.97. The number of carboxylic acids is 4. The summed E-state index contributed by atoms with van der Waals surface area (Å²) < 4.78 is 31.9. The lowest BCUT2D eigenvalue weighted by Crippen LogP contribution is -2.97. The van der Waals surface area contributed by atoms with E-state index in [-0.39, 0.29) is 144 Å². The van der Waals surface area contributed by atoms with Gasteiger partial charge in [0.25, 0.3) is 0 Å². The Bertz CT molecular complexity index is 3850. The Hall–Kier alpha value is -9.70. The summed E-state index contributed by atoms with van der Waals surface area (Å²) in [6.45, 7) is 55.7. The fraction of sp³-hybridized carbons (Fsp3) is 0.773. The third-order valence-corrected chi connectivity index (χ3v) is 23.8. The Balaban J connectivity index is 0.00000213. The van der Waals surface area contributed by atoms with Gasteiger partial charge in [0.05, 0.1) is 62.4 Å². The summed E-state index contributed by atoms with van der Waals surface area (Å²) in [5, 5.41) is 96.3. The first-order valence-electron chi connectivity index (χ1n) is 47.5. The molecule has 39 heteroatoms. The van der Waals surface area contributed by atoms with Gasteiger partial charge in [-0.15, -0.1) is 26.3 Å². The van der Waals surface area contributed by atoms with Crippen LogP contribution in [-0.2, 0) is 66.8 Å². The number of primary amides is 1. The molecule has 136 heavy (non-hydrogen) atoms. The minimum absolute atomic E-state index is 0.000800. The van der Waals surface area contributed by atoms with Crippen molar-refractivity contribution in [1.82, 2.24) is 47.9 Å². The predicted molar refractivity (Wildman–Crippen MR) is 512 cm³/mol. The number of nitrogens with one attached hydrogen (secondary N) is 9. The monoisotopic (exact) mass is 1940 g/mol. The minimum atomic E-state index is -1.62. The summed E-state index contributed by atoms with van der Waals surface area (Å²) in [7, 11) is 0. The largest absolute Gasteiger partial charge is 0.481 e. The highest BCUT2D eigenvalue weighted by Gasteiger charge is 2.48. The van der Waals surface area contributed by atoms with Gasteiger partial charge < -0.3 is 123 Å². The van der Waals surface area contributed by atoms with E-state index in [1.807, 2.05) is 54.5 Å². The number of aliphatic hydroxyl groups excluding tert-OH is 2. The summed E-state index contributed by atoms with van der Waals surface area (Å²) in [5.41, 5.74) is -4.32. The van der Waals surface area contributed by atoms with Gasteiger partial charge in [0.15, 0.2) is 13.3 Å². The molecule has 22 N–H and O–H groups in total. The Labute approximate surface area is 806 Å². The van der Waals surface area contributed by atoms with Crippen LogP contribution in [0.4, 0.5) is 28.8 Å². The molecule has 0 aromatic rings. The number of ether oxygens (including phenoxy) is 6. The van der Waals surface area contributed by atoms with Gasteiger partial charge >= 0.3 is 66.3 Å². The summed E-state index contributed by atoms with van der Waals surface area (Å²) in [6.07, 6.45) is 11.0. The molecule has 4 aliphatic rings. The van der Waals surface area contributed by atoms with E-state index in [1.165, 1.54) is 13.8 Å². The van der Waals surface area contributed by atoms with Crippen molar-refractivity contribution >= 4 is 84.1 Å². The van der Waals surface area contributed by atoms with Crippen LogP contribution >= 0.6 is 0 Å². The van der Waals surface area contributed by atoms with Crippen LogP contribution in [0.5, 0.6) is 0 Å². The number of aliphatic carboxylic acids is 4. The van der Waals surface area contributed by atoms with Crippen LogP contribution in [0.15, 0.2) is 50.6 Å². The van der Waals surface area contributed by atoms with Gasteiger partial charge in [0.2, 0.25) is 17.7 Å². The zero-order valence-electron chi connectivity index (χ0n) is 85.7. The number of quaternary nitrogens is 3. The van der Waals surface area contributed by atoms with Crippen molar-refractivity contribution in [2.75, 3.05) is 65.9 Å². The average Bonchev–Trinajstić information content (AvgIpc) is 0.808. The number of aliphatic hydroxyl groups is 3. The second-order valence-electron chi connectivity index (χ2n) is 43.5. The lowest BCUT2D eigenvalue weighted by molar-refractivity contribution is -0.722. The Kier molecular flexibility index (Phi) is 55.3. The van der Waals surface area contributed by atoms with Crippen LogP contribution in [0.3, 0.4) is 0 Å². The molecule has 14 atom stereocenters.